The van der Waals surface area contributed by atoms with Crippen LogP contribution < -0.4 is 0 Å². The van der Waals surface area contributed by atoms with E-state index < -0.39 is 70.7 Å². The van der Waals surface area contributed by atoms with Crippen molar-refractivity contribution in [3.8, 4) is 0 Å². The highest BCUT2D eigenvalue weighted by Crippen LogP contribution is 2.43. The Hall–Kier alpha value is -7.36. The van der Waals surface area contributed by atoms with Gasteiger partial charge in [0.2, 0.25) is 0 Å². The van der Waals surface area contributed by atoms with Crippen LogP contribution in [0.5, 0.6) is 0 Å². The van der Waals surface area contributed by atoms with Gasteiger partial charge in [0, 0.05) is 22.3 Å². The van der Waals surface area contributed by atoms with E-state index in [4.69, 9.17) is 37.9 Å². The lowest BCUT2D eigenvalue weighted by Gasteiger charge is -2.37. The van der Waals surface area contributed by atoms with Crippen molar-refractivity contribution in [1.82, 2.24) is 0 Å². The summed E-state index contributed by atoms with van der Waals surface area (Å²) in [5.41, 5.74) is 1.28. The van der Waals surface area contributed by atoms with Gasteiger partial charge in [0.1, 0.15) is 46.8 Å². The Morgan fingerprint density at radius 1 is 0.367 bits per heavy atom. The lowest BCUT2D eigenvalue weighted by molar-refractivity contribution is -0.170. The lowest BCUT2D eigenvalue weighted by Crippen LogP contribution is -2.36. The number of carbonyl (C=O) groups is 8. The van der Waals surface area contributed by atoms with Gasteiger partial charge in [0.15, 0.2) is 0 Å². The maximum atomic E-state index is 12.6. The zero-order chi connectivity index (χ0) is 66.9. The molecule has 0 N–H and O–H groups in total. The van der Waals surface area contributed by atoms with E-state index in [2.05, 4.69) is 39.5 Å². The van der Waals surface area contributed by atoms with Crippen LogP contribution in [0.3, 0.4) is 0 Å². The quantitative estimate of drug-likeness (QED) is 0.0336. The van der Waals surface area contributed by atoms with Crippen LogP contribution in [0.2, 0.25) is 0 Å². The zero-order valence-corrected chi connectivity index (χ0v) is 55.4. The van der Waals surface area contributed by atoms with Crippen LogP contribution in [-0.2, 0) is 87.5 Å². The van der Waals surface area contributed by atoms with Crippen LogP contribution in [0.1, 0.15) is 233 Å². The Bertz CT molecular complexity index is 2720. The SMILES string of the molecule is C=C(C)C(=O)OC(CC)CC(=O)OC1(c2ccccc2)CCCC1.C=C(C)C(=O)OC(CC)CC(=O)OC1(c2ccccc2)CCCCC1.C=CC1(OC(=O)CC(CC)OC(=O)C(=C)C)CCCC1.C=CC1(OC(=O)CC(CC)OC(=O)C(=C)C)CCCCC1. The summed E-state index contributed by atoms with van der Waals surface area (Å²) >= 11 is 0. The normalized spacial score (nSPS) is 17.7. The average Bonchev–Trinajstić information content (AvgIpc) is 1.62. The Morgan fingerprint density at radius 2 is 0.589 bits per heavy atom. The van der Waals surface area contributed by atoms with Gasteiger partial charge in [-0.1, -0.05) is 141 Å². The second-order valence-corrected chi connectivity index (χ2v) is 24.4. The van der Waals surface area contributed by atoms with Gasteiger partial charge >= 0.3 is 47.8 Å². The molecule has 4 unspecified atom stereocenters. The predicted molar refractivity (Wildman–Crippen MR) is 348 cm³/mol. The molecule has 4 saturated carbocycles. The minimum atomic E-state index is -0.548. The van der Waals surface area contributed by atoms with Crippen molar-refractivity contribution in [1.29, 1.82) is 0 Å². The minimum Gasteiger partial charge on any atom is -0.458 e. The molecule has 16 nitrogen and oxygen atoms in total. The van der Waals surface area contributed by atoms with E-state index >= 15 is 0 Å². The van der Waals surface area contributed by atoms with Crippen LogP contribution in [0, 0.1) is 0 Å². The van der Waals surface area contributed by atoms with Crippen molar-refractivity contribution in [2.24, 2.45) is 0 Å². The number of carbonyl (C=O) groups excluding carboxylic acids is 8. The molecule has 4 atom stereocenters. The maximum absolute atomic E-state index is 12.6. The summed E-state index contributed by atoms with van der Waals surface area (Å²) in [5.74, 6) is -3.17. The molecule has 0 spiro atoms. The van der Waals surface area contributed by atoms with E-state index in [1.54, 1.807) is 39.8 Å². The third-order valence-electron chi connectivity index (χ3n) is 16.7. The predicted octanol–water partition coefficient (Wildman–Crippen LogP) is 16.0. The lowest BCUT2D eigenvalue weighted by atomic mass is 9.79. The molecule has 496 valence electrons. The van der Waals surface area contributed by atoms with E-state index in [-0.39, 0.29) is 49.6 Å². The number of hydrogen-bond donors (Lipinski definition) is 0. The molecule has 0 saturated heterocycles. The summed E-state index contributed by atoms with van der Waals surface area (Å²) < 4.78 is 44.1. The van der Waals surface area contributed by atoms with Crippen LogP contribution in [0.25, 0.3) is 0 Å². The van der Waals surface area contributed by atoms with Crippen molar-refractivity contribution in [3.05, 3.63) is 146 Å². The Kier molecular flexibility index (Phi) is 33.3. The first-order valence-corrected chi connectivity index (χ1v) is 32.5. The topological polar surface area (TPSA) is 210 Å². The molecule has 0 bridgehead atoms. The first-order valence-electron chi connectivity index (χ1n) is 32.5. The second-order valence-electron chi connectivity index (χ2n) is 24.4. The molecule has 0 aliphatic heterocycles. The Balaban J connectivity index is 0.000000315. The fraction of sp³-hybridized carbons (Fsp3) is 0.568. The van der Waals surface area contributed by atoms with Crippen LogP contribution >= 0.6 is 0 Å². The third kappa shape index (κ3) is 25.9. The summed E-state index contributed by atoms with van der Waals surface area (Å²) in [5, 5.41) is 0. The summed E-state index contributed by atoms with van der Waals surface area (Å²) in [4.78, 5) is 95.5. The molecule has 0 heterocycles. The standard InChI is InChI=1S/C21H28O4.C20H26O4.C17H26O4.C16H24O4/c1-4-18(24-20(23)16(2)3)15-19(22)25-21(13-9-6-10-14-21)17-11-7-5-8-12-17;1-4-17(23-19(22)15(2)3)14-18(21)24-20(12-8-9-13-20)16-10-6-5-7-11-16;1-5-14(20-16(19)13(3)4)12-15(18)21-17(6-2)10-8-7-9-11-17;1-5-13(19-15(18)12(3)4)11-14(17)20-16(6-2)9-7-8-10-16/h5,7-8,11-12,18H,2,4,6,9-10,13-15H2,1,3H3;5-7,10-11,17H,2,4,8-9,12-14H2,1,3H3;6,14H,2-3,5,7-12H2,1,4H3;6,13H,2-3,5,7-11H2,1,4H3. The number of benzene rings is 2. The minimum absolute atomic E-state index is 0.0735. The number of rotatable bonds is 28. The average molecular weight is 1250 g/mol. The maximum Gasteiger partial charge on any atom is 0.333 e. The molecule has 4 aliphatic rings. The fourth-order valence-corrected chi connectivity index (χ4v) is 11.2. The highest BCUT2D eigenvalue weighted by molar-refractivity contribution is 5.89. The largest absolute Gasteiger partial charge is 0.458 e. The highest BCUT2D eigenvalue weighted by Gasteiger charge is 2.41. The van der Waals surface area contributed by atoms with Crippen LogP contribution in [-0.4, -0.2) is 83.4 Å². The molecule has 6 rings (SSSR count). The molecule has 16 heteroatoms. The molecule has 0 amide bonds. The first kappa shape index (κ1) is 76.9. The molecular weight excluding hydrogens is 1140 g/mol. The smallest absolute Gasteiger partial charge is 0.333 e. The molecule has 0 aromatic heterocycles. The molecule has 4 fully saturated rings. The Labute approximate surface area is 536 Å². The van der Waals surface area contributed by atoms with Crippen LogP contribution in [0.4, 0.5) is 0 Å². The van der Waals surface area contributed by atoms with Gasteiger partial charge in [-0.25, -0.2) is 19.2 Å². The van der Waals surface area contributed by atoms with E-state index in [9.17, 15) is 38.4 Å². The van der Waals surface area contributed by atoms with Crippen molar-refractivity contribution in [3.63, 3.8) is 0 Å². The Morgan fingerprint density at radius 3 is 0.822 bits per heavy atom. The van der Waals surface area contributed by atoms with Crippen molar-refractivity contribution >= 4 is 47.8 Å². The van der Waals surface area contributed by atoms with E-state index in [0.717, 1.165) is 114 Å². The van der Waals surface area contributed by atoms with Crippen molar-refractivity contribution in [2.75, 3.05) is 0 Å². The summed E-state index contributed by atoms with van der Waals surface area (Å²) in [7, 11) is 0. The van der Waals surface area contributed by atoms with Gasteiger partial charge in [-0.2, -0.15) is 0 Å². The third-order valence-corrected chi connectivity index (χ3v) is 16.7. The van der Waals surface area contributed by atoms with E-state index in [1.165, 1.54) is 12.8 Å². The second kappa shape index (κ2) is 39.0. The summed E-state index contributed by atoms with van der Waals surface area (Å²) in [6.07, 6.45) is 21.5. The summed E-state index contributed by atoms with van der Waals surface area (Å²) in [6.45, 7) is 35.6. The van der Waals surface area contributed by atoms with Crippen molar-refractivity contribution in [2.45, 2.75) is 269 Å². The molecule has 2 aromatic carbocycles. The van der Waals surface area contributed by atoms with Gasteiger partial charge in [-0.15, -0.1) is 0 Å². The first-order chi connectivity index (χ1) is 42.8. The van der Waals surface area contributed by atoms with E-state index in [1.807, 2.05) is 88.4 Å². The molecular formula is C74H104O16. The molecule has 4 aliphatic carbocycles. The number of ether oxygens (including phenoxy) is 8. The molecule has 2 aromatic rings. The van der Waals surface area contributed by atoms with Gasteiger partial charge < -0.3 is 37.9 Å². The highest BCUT2D eigenvalue weighted by atomic mass is 16.6. The van der Waals surface area contributed by atoms with E-state index in [0.29, 0.717) is 48.0 Å². The fourth-order valence-electron chi connectivity index (χ4n) is 11.2. The van der Waals surface area contributed by atoms with Crippen LogP contribution in [0.15, 0.2) is 135 Å². The van der Waals surface area contributed by atoms with Gasteiger partial charge in [-0.3, -0.25) is 19.2 Å². The van der Waals surface area contributed by atoms with Crippen molar-refractivity contribution < 1.29 is 76.3 Å². The zero-order valence-electron chi connectivity index (χ0n) is 55.4. The summed E-state index contributed by atoms with van der Waals surface area (Å²) in [6, 6.07) is 19.9. The monoisotopic (exact) mass is 1250 g/mol. The molecule has 90 heavy (non-hydrogen) atoms. The van der Waals surface area contributed by atoms with Gasteiger partial charge in [-0.05, 0) is 179 Å². The number of hydrogen-bond acceptors (Lipinski definition) is 16. The molecule has 0 radical (unpaired) electrons. The van der Waals surface area contributed by atoms with Gasteiger partial charge in [0.25, 0.3) is 0 Å². The van der Waals surface area contributed by atoms with Gasteiger partial charge in [0.05, 0.1) is 25.7 Å². The number of esters is 8.